The zero-order valence-electron chi connectivity index (χ0n) is 50.1. The molecule has 0 amide bonds. The van der Waals surface area contributed by atoms with Gasteiger partial charge < -0.3 is 14.2 Å². The van der Waals surface area contributed by atoms with Crippen LogP contribution in [0.25, 0.3) is 0 Å². The summed E-state index contributed by atoms with van der Waals surface area (Å²) in [5.74, 6) is -0.858. The van der Waals surface area contributed by atoms with Crippen molar-refractivity contribution in [3.05, 3.63) is 24.3 Å². The van der Waals surface area contributed by atoms with Gasteiger partial charge in [-0.05, 0) is 51.4 Å². The first-order chi connectivity index (χ1) is 36.5. The van der Waals surface area contributed by atoms with E-state index in [4.69, 9.17) is 14.2 Å². The first kappa shape index (κ1) is 71.9. The van der Waals surface area contributed by atoms with Crippen LogP contribution >= 0.6 is 0 Å². The van der Waals surface area contributed by atoms with Gasteiger partial charge in [-0.2, -0.15) is 0 Å². The molecule has 6 heteroatoms. The molecule has 74 heavy (non-hydrogen) atoms. The SMILES string of the molecule is CCCCCCC/C=C\C/C=C\CCCCCCCCCCCC(=O)OC(COC(=O)CCCCCCCC)COC(=O)CCCCCCCCCCCCCCCCCCCCCCCCCCCCCCC. The van der Waals surface area contributed by atoms with Gasteiger partial charge in [0.25, 0.3) is 0 Å². The second-order valence-electron chi connectivity index (χ2n) is 22.7. The van der Waals surface area contributed by atoms with Crippen LogP contribution in [0.4, 0.5) is 0 Å². The van der Waals surface area contributed by atoms with Gasteiger partial charge in [0.15, 0.2) is 6.10 Å². The van der Waals surface area contributed by atoms with Crippen LogP contribution in [0.15, 0.2) is 24.3 Å². The third-order valence-corrected chi connectivity index (χ3v) is 15.2. The maximum atomic E-state index is 12.8. The van der Waals surface area contributed by atoms with E-state index in [2.05, 4.69) is 45.1 Å². The van der Waals surface area contributed by atoms with Crippen molar-refractivity contribution in [2.45, 2.75) is 380 Å². The van der Waals surface area contributed by atoms with E-state index in [0.29, 0.717) is 19.3 Å². The Balaban J connectivity index is 3.98. The molecule has 0 aromatic rings. The average molecular weight is 1040 g/mol. The highest BCUT2D eigenvalue weighted by atomic mass is 16.6. The summed E-state index contributed by atoms with van der Waals surface area (Å²) < 4.78 is 16.8. The van der Waals surface area contributed by atoms with Crippen LogP contribution in [0.5, 0.6) is 0 Å². The molecule has 0 aliphatic carbocycles. The van der Waals surface area contributed by atoms with Crippen LogP contribution in [0.3, 0.4) is 0 Å². The van der Waals surface area contributed by atoms with Crippen LogP contribution in [-0.4, -0.2) is 37.2 Å². The minimum atomic E-state index is -0.768. The Kier molecular flexibility index (Phi) is 61.6. The fraction of sp³-hybridized carbons (Fsp3) is 0.897. The number of ether oxygens (including phenoxy) is 3. The van der Waals surface area contributed by atoms with Crippen molar-refractivity contribution < 1.29 is 28.6 Å². The zero-order chi connectivity index (χ0) is 53.6. The summed E-state index contributed by atoms with van der Waals surface area (Å²) in [6.45, 7) is 6.63. The van der Waals surface area contributed by atoms with E-state index in [-0.39, 0.29) is 31.1 Å². The fourth-order valence-corrected chi connectivity index (χ4v) is 10.2. The molecule has 0 saturated carbocycles. The largest absolute Gasteiger partial charge is 0.462 e. The number of carbonyl (C=O) groups excluding carboxylic acids is 3. The molecule has 0 aliphatic rings. The van der Waals surface area contributed by atoms with Crippen molar-refractivity contribution in [3.63, 3.8) is 0 Å². The molecule has 6 nitrogen and oxygen atoms in total. The van der Waals surface area contributed by atoms with Crippen LogP contribution in [0, 0.1) is 0 Å². The molecule has 1 atom stereocenters. The fourth-order valence-electron chi connectivity index (χ4n) is 10.2. The second-order valence-corrected chi connectivity index (χ2v) is 22.7. The Morgan fingerprint density at radius 1 is 0.270 bits per heavy atom. The molecule has 0 aliphatic heterocycles. The molecule has 0 radical (unpaired) electrons. The molecular weight excluding hydrogens is 913 g/mol. The third kappa shape index (κ3) is 60.8. The van der Waals surface area contributed by atoms with Crippen molar-refractivity contribution in [2.75, 3.05) is 13.2 Å². The van der Waals surface area contributed by atoms with Gasteiger partial charge in [-0.3, -0.25) is 14.4 Å². The first-order valence-electron chi connectivity index (χ1n) is 33.3. The Labute approximate surface area is 462 Å². The van der Waals surface area contributed by atoms with Gasteiger partial charge in [0.2, 0.25) is 0 Å². The van der Waals surface area contributed by atoms with E-state index < -0.39 is 6.10 Å². The van der Waals surface area contributed by atoms with Gasteiger partial charge in [0, 0.05) is 19.3 Å². The lowest BCUT2D eigenvalue weighted by Gasteiger charge is -2.18. The zero-order valence-corrected chi connectivity index (χ0v) is 50.1. The Morgan fingerprint density at radius 3 is 0.743 bits per heavy atom. The minimum absolute atomic E-state index is 0.0681. The molecule has 0 fully saturated rings. The van der Waals surface area contributed by atoms with E-state index in [1.807, 2.05) is 0 Å². The molecule has 1 unspecified atom stereocenters. The first-order valence-corrected chi connectivity index (χ1v) is 33.3. The predicted octanol–water partition coefficient (Wildman–Crippen LogP) is 22.6. The maximum Gasteiger partial charge on any atom is 0.306 e. The molecule has 0 aromatic heterocycles. The number of carbonyl (C=O) groups is 3. The number of rotatable bonds is 62. The van der Waals surface area contributed by atoms with Gasteiger partial charge in [0.05, 0.1) is 0 Å². The molecule has 0 bridgehead atoms. The van der Waals surface area contributed by atoms with Gasteiger partial charge in [-0.25, -0.2) is 0 Å². The van der Waals surface area contributed by atoms with Crippen molar-refractivity contribution in [1.82, 2.24) is 0 Å². The van der Waals surface area contributed by atoms with Crippen molar-refractivity contribution >= 4 is 17.9 Å². The number of esters is 3. The summed E-state index contributed by atoms with van der Waals surface area (Å²) in [4.78, 5) is 38.0. The summed E-state index contributed by atoms with van der Waals surface area (Å²) in [5, 5.41) is 0. The molecule has 0 rings (SSSR count). The highest BCUT2D eigenvalue weighted by molar-refractivity contribution is 5.71. The Morgan fingerprint density at radius 2 is 0.486 bits per heavy atom. The normalized spacial score (nSPS) is 12.1. The van der Waals surface area contributed by atoms with Crippen LogP contribution < -0.4 is 0 Å². The lowest BCUT2D eigenvalue weighted by Crippen LogP contribution is -2.30. The second kappa shape index (κ2) is 63.4. The van der Waals surface area contributed by atoms with Gasteiger partial charge in [0.1, 0.15) is 13.2 Å². The van der Waals surface area contributed by atoms with Crippen LogP contribution in [0.1, 0.15) is 374 Å². The van der Waals surface area contributed by atoms with Gasteiger partial charge in [-0.1, -0.05) is 328 Å². The number of allylic oxidation sites excluding steroid dienone is 4. The lowest BCUT2D eigenvalue weighted by atomic mass is 10.0. The third-order valence-electron chi connectivity index (χ3n) is 15.2. The summed E-state index contributed by atoms with van der Waals surface area (Å²) >= 11 is 0. The van der Waals surface area contributed by atoms with Crippen molar-refractivity contribution in [3.8, 4) is 0 Å². The number of hydrogen-bond donors (Lipinski definition) is 0. The van der Waals surface area contributed by atoms with E-state index in [0.717, 1.165) is 64.2 Å². The highest BCUT2D eigenvalue weighted by Crippen LogP contribution is 2.18. The van der Waals surface area contributed by atoms with E-state index in [9.17, 15) is 14.4 Å². The average Bonchev–Trinajstić information content (AvgIpc) is 3.40. The molecule has 0 aromatic carbocycles. The molecule has 436 valence electrons. The molecule has 0 spiro atoms. The van der Waals surface area contributed by atoms with E-state index in [1.165, 1.54) is 270 Å². The summed E-state index contributed by atoms with van der Waals surface area (Å²) in [6.07, 6.45) is 76.7. The Bertz CT molecular complexity index is 1190. The number of unbranched alkanes of at least 4 members (excludes halogenated alkanes) is 47. The quantitative estimate of drug-likeness (QED) is 0.0261. The molecular formula is C68H128O6. The van der Waals surface area contributed by atoms with E-state index >= 15 is 0 Å². The highest BCUT2D eigenvalue weighted by Gasteiger charge is 2.19. The Hall–Kier alpha value is -2.11. The molecule has 0 heterocycles. The smallest absolute Gasteiger partial charge is 0.306 e. The summed E-state index contributed by atoms with van der Waals surface area (Å²) in [7, 11) is 0. The molecule has 0 N–H and O–H groups in total. The summed E-state index contributed by atoms with van der Waals surface area (Å²) in [6, 6.07) is 0. The minimum Gasteiger partial charge on any atom is -0.462 e. The van der Waals surface area contributed by atoms with Crippen LogP contribution in [0.2, 0.25) is 0 Å². The van der Waals surface area contributed by atoms with Gasteiger partial charge in [-0.15, -0.1) is 0 Å². The van der Waals surface area contributed by atoms with E-state index in [1.54, 1.807) is 0 Å². The lowest BCUT2D eigenvalue weighted by molar-refractivity contribution is -0.167. The van der Waals surface area contributed by atoms with Crippen molar-refractivity contribution in [2.24, 2.45) is 0 Å². The number of hydrogen-bond acceptors (Lipinski definition) is 6. The molecule has 0 saturated heterocycles. The van der Waals surface area contributed by atoms with Crippen molar-refractivity contribution in [1.29, 1.82) is 0 Å². The standard InChI is InChI=1S/C68H128O6/c1-4-7-10-13-16-18-20-22-24-26-28-30-31-32-33-34-35-36-37-39-40-42-44-46-48-50-52-55-58-61-67(70)73-64-65(63-72-66(69)60-57-54-15-12-9-6-3)74-68(71)62-59-56-53-51-49-47-45-43-41-38-29-27-25-23-21-19-17-14-11-8-5-2/h21,23,27,29,65H,4-20,22,24-26,28,30-64H2,1-3H3/b23-21-,29-27-. The predicted molar refractivity (Wildman–Crippen MR) is 321 cm³/mol. The maximum absolute atomic E-state index is 12.8. The summed E-state index contributed by atoms with van der Waals surface area (Å²) in [5.41, 5.74) is 0. The topological polar surface area (TPSA) is 78.9 Å². The van der Waals surface area contributed by atoms with Gasteiger partial charge >= 0.3 is 17.9 Å². The monoisotopic (exact) mass is 1040 g/mol. The van der Waals surface area contributed by atoms with Crippen LogP contribution in [-0.2, 0) is 28.6 Å².